The van der Waals surface area contributed by atoms with E-state index in [1.165, 1.54) is 7.11 Å². The molecule has 3 rings (SSSR count). The summed E-state index contributed by atoms with van der Waals surface area (Å²) in [5, 5.41) is 14.3. The predicted molar refractivity (Wildman–Crippen MR) is 118 cm³/mol. The molecule has 34 heavy (non-hydrogen) atoms. The number of aliphatic hydroxyl groups excluding tert-OH is 1. The van der Waals surface area contributed by atoms with Crippen LogP contribution in [-0.2, 0) is 9.47 Å². The number of aliphatic hydroxyl groups is 1. The summed E-state index contributed by atoms with van der Waals surface area (Å²) in [6, 6.07) is 15.3. The highest BCUT2D eigenvalue weighted by Gasteiger charge is 2.39. The number of amides is 1. The molecule has 0 aliphatic carbocycles. The molecule has 5 N–H and O–H groups in total. The Kier molecular flexibility index (Phi) is 9.00. The molecule has 4 atom stereocenters. The fraction of sp³-hybridized carbons (Fsp3) is 0.435. The van der Waals surface area contributed by atoms with E-state index in [1.807, 2.05) is 23.5 Å². The van der Waals surface area contributed by atoms with Gasteiger partial charge in [0.25, 0.3) is 5.91 Å². The summed E-state index contributed by atoms with van der Waals surface area (Å²) in [6.45, 7) is 1.71. The van der Waals surface area contributed by atoms with Gasteiger partial charge >= 0.3 is 6.18 Å². The van der Waals surface area contributed by atoms with Crippen LogP contribution in [-0.4, -0.2) is 67.8 Å². The first-order valence-electron chi connectivity index (χ1n) is 10.8. The summed E-state index contributed by atoms with van der Waals surface area (Å²) < 4.78 is 48.7. The highest BCUT2D eigenvalue weighted by atomic mass is 19.4. The fourth-order valence-electron chi connectivity index (χ4n) is 3.66. The number of carbonyl (C=O) groups excluding carboxylic acids is 1. The Morgan fingerprint density at radius 1 is 1.21 bits per heavy atom. The van der Waals surface area contributed by atoms with Gasteiger partial charge in [-0.1, -0.05) is 42.5 Å². The number of ether oxygens (including phenoxy) is 2. The number of rotatable bonds is 9. The van der Waals surface area contributed by atoms with E-state index < -0.39 is 24.8 Å². The zero-order valence-electron chi connectivity index (χ0n) is 18.7. The van der Waals surface area contributed by atoms with Crippen LogP contribution in [0.3, 0.4) is 0 Å². The fourth-order valence-corrected chi connectivity index (χ4v) is 3.66. The molecule has 4 unspecified atom stereocenters. The maximum absolute atomic E-state index is 12.9. The minimum Gasteiger partial charge on any atom is -0.377 e. The summed E-state index contributed by atoms with van der Waals surface area (Å²) in [7, 11) is 1.52. The smallest absolute Gasteiger partial charge is 0.377 e. The third-order valence-electron chi connectivity index (χ3n) is 5.53. The lowest BCUT2D eigenvalue weighted by atomic mass is 10.1. The molecule has 11 heteroatoms. The van der Waals surface area contributed by atoms with E-state index in [4.69, 9.17) is 20.3 Å². The second-order valence-electron chi connectivity index (χ2n) is 7.87. The van der Waals surface area contributed by atoms with Gasteiger partial charge in [0.15, 0.2) is 0 Å². The van der Waals surface area contributed by atoms with E-state index in [9.17, 15) is 18.0 Å². The number of nitrogens with two attached hydrogens (primary N) is 1. The normalized spacial score (nSPS) is 19.5. The van der Waals surface area contributed by atoms with Crippen molar-refractivity contribution in [1.29, 1.82) is 0 Å². The van der Waals surface area contributed by atoms with E-state index >= 15 is 0 Å². The number of nitrogens with zero attached hydrogens (tertiary/aromatic N) is 1. The zero-order valence-corrected chi connectivity index (χ0v) is 18.7. The predicted octanol–water partition coefficient (Wildman–Crippen LogP) is 1.89. The molecule has 0 saturated carbocycles. The summed E-state index contributed by atoms with van der Waals surface area (Å²) in [5.74, 6) is -0.0726. The molecular formula is C23H29F3N4O4. The molecule has 1 heterocycles. The first-order chi connectivity index (χ1) is 16.2. The van der Waals surface area contributed by atoms with Crippen LogP contribution in [0, 0.1) is 0 Å². The standard InChI is InChI=1S/C23H29F3N4O4/c1-33-20(16-9-7-15(8-10-16)19(27)29-22(32)23(24,25)26)28-13-18-14-34-12-11-30(18)21(31)17-5-3-2-4-6-17/h2-10,18-20,22,28-29,32H,11-14,27H2,1H3. The Morgan fingerprint density at radius 2 is 1.85 bits per heavy atom. The Bertz CT molecular complexity index is 915. The molecule has 1 amide bonds. The molecule has 8 nitrogen and oxygen atoms in total. The molecule has 1 fully saturated rings. The number of hydrogen-bond donors (Lipinski definition) is 4. The van der Waals surface area contributed by atoms with Crippen molar-refractivity contribution in [2.24, 2.45) is 5.73 Å². The third kappa shape index (κ3) is 6.75. The Labute approximate surface area is 195 Å². The second kappa shape index (κ2) is 11.7. The summed E-state index contributed by atoms with van der Waals surface area (Å²) >= 11 is 0. The zero-order chi connectivity index (χ0) is 24.7. The van der Waals surface area contributed by atoms with E-state index in [0.717, 1.165) is 0 Å². The lowest BCUT2D eigenvalue weighted by Crippen LogP contribution is -2.53. The highest BCUT2D eigenvalue weighted by Crippen LogP contribution is 2.22. The molecule has 0 spiro atoms. The molecule has 2 aromatic rings. The molecule has 0 radical (unpaired) electrons. The van der Waals surface area contributed by atoms with Gasteiger partial charge in [-0.05, 0) is 23.3 Å². The maximum atomic E-state index is 12.9. The number of methoxy groups -OCH3 is 1. The van der Waals surface area contributed by atoms with Gasteiger partial charge in [-0.25, -0.2) is 0 Å². The highest BCUT2D eigenvalue weighted by molar-refractivity contribution is 5.94. The number of morpholine rings is 1. The number of halogens is 3. The Morgan fingerprint density at radius 3 is 2.47 bits per heavy atom. The van der Waals surface area contributed by atoms with Gasteiger partial charge in [-0.2, -0.15) is 13.2 Å². The van der Waals surface area contributed by atoms with Gasteiger partial charge in [0.05, 0.1) is 25.4 Å². The lowest BCUT2D eigenvalue weighted by molar-refractivity contribution is -0.216. The van der Waals surface area contributed by atoms with Crippen LogP contribution < -0.4 is 16.4 Å². The summed E-state index contributed by atoms with van der Waals surface area (Å²) in [5.41, 5.74) is 7.41. The van der Waals surface area contributed by atoms with Crippen LogP contribution in [0.15, 0.2) is 54.6 Å². The SMILES string of the molecule is COC(NCC1COCCN1C(=O)c1ccccc1)c1ccc(C(N)NC(O)C(F)(F)F)cc1. The van der Waals surface area contributed by atoms with Crippen molar-refractivity contribution in [3.05, 3.63) is 71.3 Å². The average molecular weight is 483 g/mol. The second-order valence-corrected chi connectivity index (χ2v) is 7.87. The molecule has 0 aromatic heterocycles. The van der Waals surface area contributed by atoms with E-state index in [-0.39, 0.29) is 11.9 Å². The van der Waals surface area contributed by atoms with Crippen LogP contribution in [0.2, 0.25) is 0 Å². The number of benzene rings is 2. The largest absolute Gasteiger partial charge is 0.428 e. The van der Waals surface area contributed by atoms with Gasteiger partial charge in [-0.3, -0.25) is 15.4 Å². The van der Waals surface area contributed by atoms with E-state index in [1.54, 1.807) is 41.3 Å². The summed E-state index contributed by atoms with van der Waals surface area (Å²) in [4.78, 5) is 14.7. The third-order valence-corrected chi connectivity index (χ3v) is 5.53. The first-order valence-corrected chi connectivity index (χ1v) is 10.8. The van der Waals surface area contributed by atoms with Crippen molar-refractivity contribution < 1.29 is 32.5 Å². The van der Waals surface area contributed by atoms with Crippen molar-refractivity contribution in [2.45, 2.75) is 30.8 Å². The van der Waals surface area contributed by atoms with Crippen LogP contribution in [0.1, 0.15) is 33.9 Å². The van der Waals surface area contributed by atoms with Crippen molar-refractivity contribution >= 4 is 5.91 Å². The van der Waals surface area contributed by atoms with Crippen LogP contribution in [0.5, 0.6) is 0 Å². The quantitative estimate of drug-likeness (QED) is 0.404. The molecule has 1 aliphatic rings. The molecule has 0 bridgehead atoms. The Hall–Kier alpha value is -2.54. The monoisotopic (exact) mass is 482 g/mol. The van der Waals surface area contributed by atoms with Crippen LogP contribution in [0.25, 0.3) is 0 Å². The number of hydrogen-bond acceptors (Lipinski definition) is 7. The van der Waals surface area contributed by atoms with Gasteiger partial charge in [0.1, 0.15) is 6.23 Å². The first kappa shape index (κ1) is 26.1. The van der Waals surface area contributed by atoms with Crippen molar-refractivity contribution in [2.75, 3.05) is 33.4 Å². The Balaban J connectivity index is 1.61. The summed E-state index contributed by atoms with van der Waals surface area (Å²) in [6.07, 6.45) is -9.29. The minimum atomic E-state index is -4.82. The van der Waals surface area contributed by atoms with Crippen molar-refractivity contribution in [3.63, 3.8) is 0 Å². The molecular weight excluding hydrogens is 453 g/mol. The van der Waals surface area contributed by atoms with Crippen molar-refractivity contribution in [3.8, 4) is 0 Å². The lowest BCUT2D eigenvalue weighted by Gasteiger charge is -2.36. The number of alkyl halides is 3. The van der Waals surface area contributed by atoms with Crippen molar-refractivity contribution in [1.82, 2.24) is 15.5 Å². The molecule has 1 saturated heterocycles. The van der Waals surface area contributed by atoms with Gasteiger partial charge in [0.2, 0.25) is 6.23 Å². The van der Waals surface area contributed by atoms with Crippen LogP contribution >= 0.6 is 0 Å². The minimum absolute atomic E-state index is 0.0726. The van der Waals surface area contributed by atoms with E-state index in [0.29, 0.717) is 43.0 Å². The average Bonchev–Trinajstić information content (AvgIpc) is 2.84. The molecule has 186 valence electrons. The molecule has 2 aromatic carbocycles. The maximum Gasteiger partial charge on any atom is 0.428 e. The van der Waals surface area contributed by atoms with Gasteiger partial charge in [0, 0.05) is 25.8 Å². The number of carbonyl (C=O) groups is 1. The van der Waals surface area contributed by atoms with Gasteiger partial charge < -0.3 is 25.2 Å². The topological polar surface area (TPSA) is 109 Å². The number of nitrogens with one attached hydrogen (secondary N) is 2. The molecule has 1 aliphatic heterocycles. The van der Waals surface area contributed by atoms with Crippen LogP contribution in [0.4, 0.5) is 13.2 Å². The van der Waals surface area contributed by atoms with E-state index in [2.05, 4.69) is 5.32 Å². The van der Waals surface area contributed by atoms with Gasteiger partial charge in [-0.15, -0.1) is 0 Å².